The van der Waals surface area contributed by atoms with Gasteiger partial charge < -0.3 is 29.0 Å². The van der Waals surface area contributed by atoms with Crippen LogP contribution in [0.25, 0.3) is 11.3 Å². The summed E-state index contributed by atoms with van der Waals surface area (Å²) in [6.07, 6.45) is -0.682. The van der Waals surface area contributed by atoms with Crippen molar-refractivity contribution < 1.29 is 42.9 Å². The van der Waals surface area contributed by atoms with Gasteiger partial charge in [-0.05, 0) is 30.0 Å². The van der Waals surface area contributed by atoms with E-state index in [0.717, 1.165) is 11.3 Å². The number of carbonyl (C=O) groups is 4. The smallest absolute Gasteiger partial charge is 0.335 e. The standard InChI is InChI=1S/C32H38N4O9/c1-19-20(2)29(43-22(4)38)32(45-28(19)31(40)41-5)44-27-13-12-23(18-42-21(3)37)16-25(27)30(39)33-14-9-15-36-17-26(34-35-36)24-10-7-6-8-11-24/h6-8,10-13,16-17,19-20,28-29,32H,9,14-15,18H2,1-5H3,(H,33,39)/t19-,20-,28-,29+,32+/m0/s1. The lowest BCUT2D eigenvalue weighted by molar-refractivity contribution is -0.248. The molecule has 45 heavy (non-hydrogen) atoms. The molecule has 0 aliphatic carbocycles. The molecule has 1 N–H and O–H groups in total. The molecule has 2 aromatic carbocycles. The Hall–Kier alpha value is -4.78. The number of hydrogen-bond acceptors (Lipinski definition) is 11. The second-order valence-corrected chi connectivity index (χ2v) is 10.8. The van der Waals surface area contributed by atoms with Gasteiger partial charge in [-0.25, -0.2) is 4.79 Å². The topological polar surface area (TPSA) is 157 Å². The molecule has 1 saturated heterocycles. The fraction of sp³-hybridized carbons (Fsp3) is 0.438. The van der Waals surface area contributed by atoms with Gasteiger partial charge in [-0.1, -0.05) is 55.5 Å². The van der Waals surface area contributed by atoms with E-state index in [9.17, 15) is 19.2 Å². The Bertz CT molecular complexity index is 1490. The third-order valence-electron chi connectivity index (χ3n) is 7.54. The highest BCUT2D eigenvalue weighted by molar-refractivity contribution is 5.97. The maximum absolute atomic E-state index is 13.5. The van der Waals surface area contributed by atoms with Gasteiger partial charge >= 0.3 is 17.9 Å². The second-order valence-electron chi connectivity index (χ2n) is 10.8. The maximum atomic E-state index is 13.5. The van der Waals surface area contributed by atoms with Gasteiger partial charge in [-0.2, -0.15) is 0 Å². The van der Waals surface area contributed by atoms with Gasteiger partial charge in [0, 0.05) is 38.4 Å². The third kappa shape index (κ3) is 8.66. The number of ether oxygens (including phenoxy) is 5. The van der Waals surface area contributed by atoms with Crippen molar-refractivity contribution in [3.8, 4) is 17.0 Å². The Morgan fingerprint density at radius 1 is 1.00 bits per heavy atom. The van der Waals surface area contributed by atoms with E-state index in [1.165, 1.54) is 27.0 Å². The summed E-state index contributed by atoms with van der Waals surface area (Å²) in [6.45, 7) is 6.94. The number of nitrogens with zero attached hydrogens (tertiary/aromatic N) is 3. The van der Waals surface area contributed by atoms with Crippen molar-refractivity contribution in [2.75, 3.05) is 13.7 Å². The quantitative estimate of drug-likeness (QED) is 0.180. The highest BCUT2D eigenvalue weighted by Crippen LogP contribution is 2.35. The lowest BCUT2D eigenvalue weighted by Gasteiger charge is -2.42. The Morgan fingerprint density at radius 3 is 2.44 bits per heavy atom. The van der Waals surface area contributed by atoms with Crippen LogP contribution in [0.15, 0.2) is 54.7 Å². The highest BCUT2D eigenvalue weighted by Gasteiger charge is 2.48. The van der Waals surface area contributed by atoms with Crippen LogP contribution in [-0.4, -0.2) is 71.0 Å². The van der Waals surface area contributed by atoms with Crippen molar-refractivity contribution in [1.29, 1.82) is 0 Å². The van der Waals surface area contributed by atoms with Gasteiger partial charge in [-0.15, -0.1) is 5.10 Å². The molecule has 1 amide bonds. The fourth-order valence-corrected chi connectivity index (χ4v) is 4.95. The van der Waals surface area contributed by atoms with Crippen LogP contribution in [0.5, 0.6) is 5.75 Å². The number of nitrogens with one attached hydrogen (secondary N) is 1. The van der Waals surface area contributed by atoms with E-state index in [-0.39, 0.29) is 29.8 Å². The molecule has 0 radical (unpaired) electrons. The van der Waals surface area contributed by atoms with Crippen molar-refractivity contribution in [2.24, 2.45) is 11.8 Å². The number of hydrogen-bond donors (Lipinski definition) is 1. The van der Waals surface area contributed by atoms with Crippen molar-refractivity contribution in [1.82, 2.24) is 20.3 Å². The molecule has 4 rings (SSSR count). The Labute approximate surface area is 261 Å². The van der Waals surface area contributed by atoms with Crippen LogP contribution < -0.4 is 10.1 Å². The molecule has 0 spiro atoms. The molecule has 0 unspecified atom stereocenters. The maximum Gasteiger partial charge on any atom is 0.335 e. The third-order valence-corrected chi connectivity index (χ3v) is 7.54. The predicted molar refractivity (Wildman–Crippen MR) is 160 cm³/mol. The van der Waals surface area contributed by atoms with Crippen LogP contribution in [-0.2, 0) is 46.5 Å². The van der Waals surface area contributed by atoms with Gasteiger partial charge in [0.1, 0.15) is 18.1 Å². The van der Waals surface area contributed by atoms with Crippen LogP contribution in [0.4, 0.5) is 0 Å². The molecule has 1 aromatic heterocycles. The normalized spacial score (nSPS) is 21.0. The molecule has 240 valence electrons. The van der Waals surface area contributed by atoms with Gasteiger partial charge in [-0.3, -0.25) is 19.1 Å². The summed E-state index contributed by atoms with van der Waals surface area (Å²) in [7, 11) is 1.26. The number of aromatic nitrogens is 3. The first-order valence-corrected chi connectivity index (χ1v) is 14.6. The summed E-state index contributed by atoms with van der Waals surface area (Å²) in [6, 6.07) is 14.4. The zero-order valence-corrected chi connectivity index (χ0v) is 25.9. The first kappa shape index (κ1) is 33.1. The molecular weight excluding hydrogens is 584 g/mol. The SMILES string of the molecule is COC(=O)[C@H]1O[C@@H](Oc2ccc(COC(C)=O)cc2C(=O)NCCCn2cc(-c3ccccc3)nn2)[C@H](OC(C)=O)[C@@H](C)[C@@H]1C. The summed E-state index contributed by atoms with van der Waals surface area (Å²) in [5.41, 5.74) is 2.39. The minimum Gasteiger partial charge on any atom is -0.467 e. The van der Waals surface area contributed by atoms with Crippen LogP contribution in [0.3, 0.4) is 0 Å². The summed E-state index contributed by atoms with van der Waals surface area (Å²) in [4.78, 5) is 49.3. The number of rotatable bonds is 12. The Balaban J connectivity index is 1.49. The molecular formula is C32H38N4O9. The van der Waals surface area contributed by atoms with Crippen molar-refractivity contribution in [3.05, 3.63) is 65.9 Å². The number of esters is 3. The summed E-state index contributed by atoms with van der Waals surface area (Å²) >= 11 is 0. The van der Waals surface area contributed by atoms with Crippen molar-refractivity contribution in [2.45, 2.75) is 65.8 Å². The average molecular weight is 623 g/mol. The molecule has 5 atom stereocenters. The minimum atomic E-state index is -1.22. The first-order valence-electron chi connectivity index (χ1n) is 14.6. The van der Waals surface area contributed by atoms with Gasteiger partial charge in [0.15, 0.2) is 12.2 Å². The van der Waals surface area contributed by atoms with E-state index >= 15 is 0 Å². The van der Waals surface area contributed by atoms with Gasteiger partial charge in [0.2, 0.25) is 6.29 Å². The van der Waals surface area contributed by atoms with E-state index in [1.807, 2.05) is 43.5 Å². The molecule has 13 heteroatoms. The average Bonchev–Trinajstić information content (AvgIpc) is 3.51. The summed E-state index contributed by atoms with van der Waals surface area (Å²) in [5.74, 6) is -2.66. The van der Waals surface area contributed by atoms with E-state index in [2.05, 4.69) is 15.6 Å². The fourth-order valence-electron chi connectivity index (χ4n) is 4.95. The van der Waals surface area contributed by atoms with Gasteiger partial charge in [0.05, 0.1) is 18.9 Å². The first-order chi connectivity index (χ1) is 21.6. The number of amides is 1. The largest absolute Gasteiger partial charge is 0.467 e. The molecule has 1 aliphatic heterocycles. The number of benzene rings is 2. The van der Waals surface area contributed by atoms with Crippen LogP contribution in [0, 0.1) is 11.8 Å². The van der Waals surface area contributed by atoms with E-state index in [1.54, 1.807) is 23.7 Å². The molecule has 1 fully saturated rings. The van der Waals surface area contributed by atoms with Crippen LogP contribution >= 0.6 is 0 Å². The van der Waals surface area contributed by atoms with E-state index in [4.69, 9.17) is 23.7 Å². The molecule has 13 nitrogen and oxygen atoms in total. The van der Waals surface area contributed by atoms with Crippen LogP contribution in [0.2, 0.25) is 0 Å². The molecule has 1 aliphatic rings. The highest BCUT2D eigenvalue weighted by atomic mass is 16.7. The van der Waals surface area contributed by atoms with Crippen molar-refractivity contribution >= 4 is 23.8 Å². The lowest BCUT2D eigenvalue weighted by Crippen LogP contribution is -2.55. The monoisotopic (exact) mass is 622 g/mol. The minimum absolute atomic E-state index is 0.0547. The van der Waals surface area contributed by atoms with Crippen LogP contribution in [0.1, 0.15) is 50.0 Å². The molecule has 2 heterocycles. The Morgan fingerprint density at radius 2 is 1.76 bits per heavy atom. The number of carbonyl (C=O) groups excluding carboxylic acids is 4. The summed E-state index contributed by atoms with van der Waals surface area (Å²) in [5, 5.41) is 11.3. The lowest BCUT2D eigenvalue weighted by atomic mass is 9.83. The van der Waals surface area contributed by atoms with Crippen molar-refractivity contribution in [3.63, 3.8) is 0 Å². The van der Waals surface area contributed by atoms with E-state index in [0.29, 0.717) is 25.1 Å². The zero-order valence-electron chi connectivity index (χ0n) is 25.9. The second kappa shape index (κ2) is 15.3. The van der Waals surface area contributed by atoms with Gasteiger partial charge in [0.25, 0.3) is 5.91 Å². The number of aryl methyl sites for hydroxylation is 1. The molecule has 0 saturated carbocycles. The zero-order chi connectivity index (χ0) is 32.5. The molecule has 3 aromatic rings. The number of methoxy groups -OCH3 is 1. The summed E-state index contributed by atoms with van der Waals surface area (Å²) < 4.78 is 29.4. The predicted octanol–water partition coefficient (Wildman–Crippen LogP) is 3.31. The Kier molecular flexibility index (Phi) is 11.3. The van der Waals surface area contributed by atoms with E-state index < -0.39 is 42.3 Å². The molecule has 0 bridgehead atoms.